The Balaban J connectivity index is 1.83. The van der Waals surface area contributed by atoms with E-state index in [0.29, 0.717) is 12.5 Å². The van der Waals surface area contributed by atoms with Crippen LogP contribution in [-0.2, 0) is 0 Å². The molecule has 1 aromatic rings. The number of aromatic nitrogens is 2. The summed E-state index contributed by atoms with van der Waals surface area (Å²) in [6.07, 6.45) is 2.63. The lowest BCUT2D eigenvalue weighted by Crippen LogP contribution is -2.46. The van der Waals surface area contributed by atoms with Crippen molar-refractivity contribution in [1.82, 2.24) is 13.6 Å². The Morgan fingerprint density at radius 2 is 2.19 bits per heavy atom. The second-order valence-electron chi connectivity index (χ2n) is 4.63. The summed E-state index contributed by atoms with van der Waals surface area (Å²) in [6, 6.07) is 0. The van der Waals surface area contributed by atoms with Crippen molar-refractivity contribution in [3.63, 3.8) is 0 Å². The molecule has 0 amide bonds. The summed E-state index contributed by atoms with van der Waals surface area (Å²) in [6.45, 7) is 6.36. The first-order chi connectivity index (χ1) is 7.88. The van der Waals surface area contributed by atoms with Crippen LogP contribution < -0.4 is 4.74 Å². The van der Waals surface area contributed by atoms with Crippen molar-refractivity contribution in [2.24, 2.45) is 5.92 Å². The molecule has 0 aliphatic carbocycles. The fourth-order valence-electron chi connectivity index (χ4n) is 2.93. The van der Waals surface area contributed by atoms with Crippen LogP contribution in [0.3, 0.4) is 0 Å². The summed E-state index contributed by atoms with van der Waals surface area (Å²) in [7, 11) is 0. The molecule has 5 heteroatoms. The molecule has 4 heterocycles. The van der Waals surface area contributed by atoms with Crippen molar-refractivity contribution < 1.29 is 4.74 Å². The van der Waals surface area contributed by atoms with Gasteiger partial charge in [-0.05, 0) is 38.8 Å². The second-order valence-corrected chi connectivity index (χ2v) is 5.16. The molecular formula is C11H17N3OS. The van der Waals surface area contributed by atoms with Gasteiger partial charge in [0.2, 0.25) is 5.88 Å². The van der Waals surface area contributed by atoms with Crippen LogP contribution in [0.2, 0.25) is 0 Å². The highest BCUT2D eigenvalue weighted by Gasteiger charge is 2.38. The molecule has 4 nitrogen and oxygen atoms in total. The van der Waals surface area contributed by atoms with Gasteiger partial charge in [0, 0.05) is 12.5 Å². The number of ether oxygens (including phenoxy) is 1. The molecule has 88 valence electrons. The highest BCUT2D eigenvalue weighted by molar-refractivity contribution is 6.99. The summed E-state index contributed by atoms with van der Waals surface area (Å²) in [5.41, 5.74) is 1.11. The molecule has 4 rings (SSSR count). The van der Waals surface area contributed by atoms with Crippen LogP contribution >= 0.6 is 11.7 Å². The van der Waals surface area contributed by atoms with E-state index in [9.17, 15) is 0 Å². The highest BCUT2D eigenvalue weighted by Crippen LogP contribution is 2.41. The van der Waals surface area contributed by atoms with Crippen LogP contribution in [-0.4, -0.2) is 39.9 Å². The van der Waals surface area contributed by atoms with Crippen LogP contribution in [0.4, 0.5) is 0 Å². The van der Waals surface area contributed by atoms with Crippen molar-refractivity contribution in [1.29, 1.82) is 0 Å². The molecule has 0 saturated carbocycles. The Labute approximate surface area is 99.9 Å². The predicted molar refractivity (Wildman–Crippen MR) is 63.0 cm³/mol. The minimum atomic E-state index is 0.558. The number of rotatable bonds is 3. The Morgan fingerprint density at radius 1 is 1.38 bits per heavy atom. The zero-order chi connectivity index (χ0) is 11.0. The lowest BCUT2D eigenvalue weighted by atomic mass is 9.77. The molecule has 1 atom stereocenters. The Morgan fingerprint density at radius 3 is 2.81 bits per heavy atom. The fraction of sp³-hybridized carbons (Fsp3) is 0.818. The normalized spacial score (nSPS) is 32.9. The molecular weight excluding hydrogens is 222 g/mol. The van der Waals surface area contributed by atoms with Gasteiger partial charge < -0.3 is 9.64 Å². The Bertz CT molecular complexity index is 360. The minimum Gasteiger partial charge on any atom is -0.476 e. The van der Waals surface area contributed by atoms with Crippen LogP contribution in [0.15, 0.2) is 0 Å². The van der Waals surface area contributed by atoms with Crippen LogP contribution in [0.5, 0.6) is 5.88 Å². The molecule has 1 aromatic heterocycles. The molecule has 2 bridgehead atoms. The predicted octanol–water partition coefficient (Wildman–Crippen LogP) is 1.75. The lowest BCUT2D eigenvalue weighted by Gasteiger charge is -2.44. The van der Waals surface area contributed by atoms with Gasteiger partial charge in [0.1, 0.15) is 5.69 Å². The Hall–Kier alpha value is -0.680. The van der Waals surface area contributed by atoms with Gasteiger partial charge >= 0.3 is 0 Å². The van der Waals surface area contributed by atoms with E-state index in [-0.39, 0.29) is 0 Å². The van der Waals surface area contributed by atoms with Gasteiger partial charge in [-0.3, -0.25) is 0 Å². The summed E-state index contributed by atoms with van der Waals surface area (Å²) in [4.78, 5) is 2.54. The molecule has 16 heavy (non-hydrogen) atoms. The monoisotopic (exact) mass is 239 g/mol. The van der Waals surface area contributed by atoms with E-state index in [0.717, 1.165) is 24.0 Å². The number of nitrogens with zero attached hydrogens (tertiary/aromatic N) is 3. The van der Waals surface area contributed by atoms with Gasteiger partial charge in [0.25, 0.3) is 0 Å². The number of piperidine rings is 3. The maximum absolute atomic E-state index is 5.56. The average Bonchev–Trinajstić information content (AvgIpc) is 2.79. The van der Waals surface area contributed by atoms with Gasteiger partial charge in [-0.1, -0.05) is 0 Å². The van der Waals surface area contributed by atoms with E-state index >= 15 is 0 Å². The van der Waals surface area contributed by atoms with Crippen molar-refractivity contribution in [2.75, 3.05) is 26.2 Å². The molecule has 0 N–H and O–H groups in total. The quantitative estimate of drug-likeness (QED) is 0.805. The zero-order valence-electron chi connectivity index (χ0n) is 9.56. The highest BCUT2D eigenvalue weighted by atomic mass is 32.1. The van der Waals surface area contributed by atoms with Crippen LogP contribution in [0.1, 0.15) is 31.4 Å². The molecule has 1 unspecified atom stereocenters. The van der Waals surface area contributed by atoms with Crippen molar-refractivity contribution in [3.8, 4) is 5.88 Å². The third kappa shape index (κ3) is 1.72. The van der Waals surface area contributed by atoms with Gasteiger partial charge in [0.05, 0.1) is 18.3 Å². The fourth-order valence-corrected chi connectivity index (χ4v) is 3.49. The average molecular weight is 239 g/mol. The smallest absolute Gasteiger partial charge is 0.249 e. The van der Waals surface area contributed by atoms with E-state index in [2.05, 4.69) is 13.6 Å². The summed E-state index contributed by atoms with van der Waals surface area (Å²) in [5.74, 6) is 2.14. The molecule has 3 aliphatic rings. The van der Waals surface area contributed by atoms with Crippen LogP contribution in [0.25, 0.3) is 0 Å². The standard InChI is InChI=1S/C11H17N3OS/c1-2-15-11-10(12-16-13-11)9-7-14-5-3-8(9)4-6-14/h8-9H,2-7H2,1H3. The van der Waals surface area contributed by atoms with E-state index in [1.807, 2.05) is 6.92 Å². The molecule has 0 spiro atoms. The second kappa shape index (κ2) is 4.30. The first kappa shape index (κ1) is 10.5. The van der Waals surface area contributed by atoms with Crippen molar-refractivity contribution in [2.45, 2.75) is 25.7 Å². The zero-order valence-corrected chi connectivity index (χ0v) is 10.4. The number of hydrogen-bond acceptors (Lipinski definition) is 5. The van der Waals surface area contributed by atoms with Gasteiger partial charge in [-0.25, -0.2) is 0 Å². The molecule has 0 radical (unpaired) electrons. The van der Waals surface area contributed by atoms with Gasteiger partial charge in [0.15, 0.2) is 0 Å². The van der Waals surface area contributed by atoms with Gasteiger partial charge in [-0.2, -0.15) is 4.37 Å². The first-order valence-electron chi connectivity index (χ1n) is 6.06. The third-order valence-electron chi connectivity index (χ3n) is 3.77. The molecule has 3 saturated heterocycles. The maximum Gasteiger partial charge on any atom is 0.249 e. The third-order valence-corrected chi connectivity index (χ3v) is 4.30. The first-order valence-corrected chi connectivity index (χ1v) is 6.79. The van der Waals surface area contributed by atoms with Crippen molar-refractivity contribution >= 4 is 11.7 Å². The molecule has 3 aliphatic heterocycles. The molecule has 0 aromatic carbocycles. The van der Waals surface area contributed by atoms with Crippen molar-refractivity contribution in [3.05, 3.63) is 5.69 Å². The SMILES string of the molecule is CCOc1nsnc1C1CN2CCC1CC2. The topological polar surface area (TPSA) is 38.3 Å². The van der Waals surface area contributed by atoms with E-state index < -0.39 is 0 Å². The van der Waals surface area contributed by atoms with E-state index in [1.54, 1.807) is 0 Å². The molecule has 3 fully saturated rings. The Kier molecular flexibility index (Phi) is 2.81. The van der Waals surface area contributed by atoms with E-state index in [1.165, 1.54) is 37.7 Å². The van der Waals surface area contributed by atoms with Crippen LogP contribution in [0, 0.1) is 5.92 Å². The minimum absolute atomic E-state index is 0.558. The summed E-state index contributed by atoms with van der Waals surface area (Å²) < 4.78 is 14.3. The largest absolute Gasteiger partial charge is 0.476 e. The lowest BCUT2D eigenvalue weighted by molar-refractivity contribution is 0.0842. The maximum atomic E-state index is 5.56. The number of fused-ring (bicyclic) bond motifs is 3. The summed E-state index contributed by atoms with van der Waals surface area (Å²) >= 11 is 1.28. The van der Waals surface area contributed by atoms with Gasteiger partial charge in [-0.15, -0.1) is 4.37 Å². The number of hydrogen-bond donors (Lipinski definition) is 0. The van der Waals surface area contributed by atoms with E-state index in [4.69, 9.17) is 4.74 Å². The summed E-state index contributed by atoms with van der Waals surface area (Å²) in [5, 5.41) is 0.